The first-order valence-electron chi connectivity index (χ1n) is 6.01. The average Bonchev–Trinajstić information content (AvgIpc) is 2.40. The molecule has 0 amide bonds. The SMILES string of the molecule is Cl.NC1=NC(c2ccc(F)cc2)Cc2ccc(F)cc21. The number of fused-ring (bicyclic) bond motifs is 1. The molecule has 2 N–H and O–H groups in total. The van der Waals surface area contributed by atoms with Crippen molar-refractivity contribution in [2.75, 3.05) is 0 Å². The van der Waals surface area contributed by atoms with Crippen LogP contribution in [0.15, 0.2) is 47.5 Å². The Hall–Kier alpha value is -1.94. The van der Waals surface area contributed by atoms with E-state index in [0.717, 1.165) is 11.1 Å². The molecule has 1 unspecified atom stereocenters. The van der Waals surface area contributed by atoms with Crippen molar-refractivity contribution in [3.05, 3.63) is 70.8 Å². The molecule has 0 bridgehead atoms. The van der Waals surface area contributed by atoms with Crippen LogP contribution in [0, 0.1) is 11.6 Å². The summed E-state index contributed by atoms with van der Waals surface area (Å²) in [4.78, 5) is 4.37. The van der Waals surface area contributed by atoms with Crippen molar-refractivity contribution >= 4 is 18.2 Å². The summed E-state index contributed by atoms with van der Waals surface area (Å²) in [5.41, 5.74) is 8.40. The number of benzene rings is 2. The topological polar surface area (TPSA) is 38.4 Å². The van der Waals surface area contributed by atoms with Gasteiger partial charge in [0.05, 0.1) is 6.04 Å². The van der Waals surface area contributed by atoms with Gasteiger partial charge in [0.1, 0.15) is 17.5 Å². The predicted molar refractivity (Wildman–Crippen MR) is 77.2 cm³/mol. The smallest absolute Gasteiger partial charge is 0.126 e. The van der Waals surface area contributed by atoms with Crippen LogP contribution < -0.4 is 5.73 Å². The highest BCUT2D eigenvalue weighted by molar-refractivity contribution is 5.99. The van der Waals surface area contributed by atoms with Crippen molar-refractivity contribution in [1.82, 2.24) is 0 Å². The second-order valence-electron chi connectivity index (χ2n) is 4.59. The highest BCUT2D eigenvalue weighted by atomic mass is 35.5. The number of halogens is 3. The zero-order valence-electron chi connectivity index (χ0n) is 10.5. The molecule has 1 aliphatic rings. The summed E-state index contributed by atoms with van der Waals surface area (Å²) in [7, 11) is 0. The van der Waals surface area contributed by atoms with Crippen molar-refractivity contribution in [3.63, 3.8) is 0 Å². The molecular formula is C15H13ClF2N2. The van der Waals surface area contributed by atoms with Crippen LogP contribution in [0.1, 0.15) is 22.7 Å². The van der Waals surface area contributed by atoms with Crippen molar-refractivity contribution < 1.29 is 8.78 Å². The standard InChI is InChI=1S/C15H12F2N2.ClH/c16-11-4-1-9(2-5-11)14-7-10-3-6-12(17)8-13(10)15(18)19-14;/h1-6,8,14H,7H2,(H2,18,19);1H. The molecule has 20 heavy (non-hydrogen) atoms. The summed E-state index contributed by atoms with van der Waals surface area (Å²) in [5.74, 6) is -0.272. The van der Waals surface area contributed by atoms with Gasteiger partial charge in [0.25, 0.3) is 0 Å². The van der Waals surface area contributed by atoms with E-state index in [1.807, 2.05) is 0 Å². The van der Waals surface area contributed by atoms with E-state index in [2.05, 4.69) is 4.99 Å². The first kappa shape index (κ1) is 14.5. The summed E-state index contributed by atoms with van der Waals surface area (Å²) >= 11 is 0. The van der Waals surface area contributed by atoms with E-state index in [1.165, 1.54) is 24.3 Å². The Kier molecular flexibility index (Phi) is 4.04. The van der Waals surface area contributed by atoms with Gasteiger partial charge in [0, 0.05) is 5.56 Å². The van der Waals surface area contributed by atoms with Crippen molar-refractivity contribution in [2.45, 2.75) is 12.5 Å². The Bertz CT molecular complexity index is 653. The van der Waals surface area contributed by atoms with Gasteiger partial charge in [0.15, 0.2) is 0 Å². The highest BCUT2D eigenvalue weighted by Crippen LogP contribution is 2.29. The maximum atomic E-state index is 13.2. The van der Waals surface area contributed by atoms with E-state index >= 15 is 0 Å². The number of amidine groups is 1. The monoisotopic (exact) mass is 294 g/mol. The molecule has 1 atom stereocenters. The minimum Gasteiger partial charge on any atom is -0.383 e. The lowest BCUT2D eigenvalue weighted by Gasteiger charge is -2.22. The lowest BCUT2D eigenvalue weighted by atomic mass is 9.92. The van der Waals surface area contributed by atoms with E-state index in [9.17, 15) is 8.78 Å². The van der Waals surface area contributed by atoms with Crippen LogP contribution in [-0.2, 0) is 6.42 Å². The fourth-order valence-corrected chi connectivity index (χ4v) is 2.33. The minimum absolute atomic E-state index is 0. The molecule has 0 aromatic heterocycles. The van der Waals surface area contributed by atoms with Gasteiger partial charge in [-0.25, -0.2) is 8.78 Å². The van der Waals surface area contributed by atoms with Gasteiger partial charge >= 0.3 is 0 Å². The molecule has 0 spiro atoms. The van der Waals surface area contributed by atoms with Gasteiger partial charge in [0.2, 0.25) is 0 Å². The molecule has 0 fully saturated rings. The molecule has 3 rings (SSSR count). The van der Waals surface area contributed by atoms with E-state index in [1.54, 1.807) is 18.2 Å². The van der Waals surface area contributed by atoms with Crippen LogP contribution in [-0.4, -0.2) is 5.84 Å². The molecule has 0 radical (unpaired) electrons. The van der Waals surface area contributed by atoms with Gasteiger partial charge in [-0.3, -0.25) is 4.99 Å². The highest BCUT2D eigenvalue weighted by Gasteiger charge is 2.21. The van der Waals surface area contributed by atoms with E-state index < -0.39 is 0 Å². The summed E-state index contributed by atoms with van der Waals surface area (Å²) in [6.45, 7) is 0. The van der Waals surface area contributed by atoms with Crippen LogP contribution in [0.4, 0.5) is 8.78 Å². The third kappa shape index (κ3) is 2.65. The molecule has 1 aliphatic heterocycles. The third-order valence-electron chi connectivity index (χ3n) is 3.31. The Morgan fingerprint density at radius 3 is 2.35 bits per heavy atom. The third-order valence-corrected chi connectivity index (χ3v) is 3.31. The molecule has 2 nitrogen and oxygen atoms in total. The largest absolute Gasteiger partial charge is 0.383 e. The second kappa shape index (κ2) is 5.59. The molecule has 0 aliphatic carbocycles. The molecule has 2 aromatic carbocycles. The lowest BCUT2D eigenvalue weighted by Crippen LogP contribution is -2.23. The molecule has 104 valence electrons. The number of hydrogen-bond acceptors (Lipinski definition) is 2. The van der Waals surface area contributed by atoms with E-state index in [-0.39, 0.29) is 30.1 Å². The van der Waals surface area contributed by atoms with Crippen LogP contribution in [0.25, 0.3) is 0 Å². The van der Waals surface area contributed by atoms with Gasteiger partial charge in [-0.15, -0.1) is 12.4 Å². The Balaban J connectivity index is 0.00000147. The van der Waals surface area contributed by atoms with Crippen LogP contribution in [0.5, 0.6) is 0 Å². The fraction of sp³-hybridized carbons (Fsp3) is 0.133. The number of aliphatic imine (C=N–C) groups is 1. The summed E-state index contributed by atoms with van der Waals surface area (Å²) in [5, 5.41) is 0. The molecule has 0 saturated carbocycles. The molecule has 0 saturated heterocycles. The van der Waals surface area contributed by atoms with Crippen molar-refractivity contribution in [3.8, 4) is 0 Å². The summed E-state index contributed by atoms with van der Waals surface area (Å²) in [6, 6.07) is 10.6. The predicted octanol–water partition coefficient (Wildman–Crippen LogP) is 3.39. The second-order valence-corrected chi connectivity index (χ2v) is 4.59. The number of nitrogens with zero attached hydrogens (tertiary/aromatic N) is 1. The maximum absolute atomic E-state index is 13.2. The summed E-state index contributed by atoms with van der Waals surface area (Å²) in [6.07, 6.45) is 0.641. The first-order chi connectivity index (χ1) is 9.13. The first-order valence-corrected chi connectivity index (χ1v) is 6.01. The average molecular weight is 295 g/mol. The summed E-state index contributed by atoms with van der Waals surface area (Å²) < 4.78 is 26.1. The normalized spacial score (nSPS) is 16.9. The maximum Gasteiger partial charge on any atom is 0.126 e. The fourth-order valence-electron chi connectivity index (χ4n) is 2.33. The number of nitrogens with two attached hydrogens (primary N) is 1. The minimum atomic E-state index is -0.322. The Morgan fingerprint density at radius 1 is 1.00 bits per heavy atom. The number of hydrogen-bond donors (Lipinski definition) is 1. The quantitative estimate of drug-likeness (QED) is 0.860. The van der Waals surface area contributed by atoms with Gasteiger partial charge in [-0.1, -0.05) is 18.2 Å². The molecule has 5 heteroatoms. The zero-order chi connectivity index (χ0) is 13.4. The molecular weight excluding hydrogens is 282 g/mol. The molecule has 2 aromatic rings. The van der Waals surface area contributed by atoms with E-state index in [4.69, 9.17) is 5.73 Å². The van der Waals surface area contributed by atoms with Gasteiger partial charge < -0.3 is 5.73 Å². The van der Waals surface area contributed by atoms with Gasteiger partial charge in [-0.05, 0) is 41.8 Å². The van der Waals surface area contributed by atoms with Gasteiger partial charge in [-0.2, -0.15) is 0 Å². The Labute approximate surface area is 121 Å². The van der Waals surface area contributed by atoms with Crippen molar-refractivity contribution in [1.29, 1.82) is 0 Å². The van der Waals surface area contributed by atoms with Crippen LogP contribution >= 0.6 is 12.4 Å². The zero-order valence-corrected chi connectivity index (χ0v) is 11.3. The van der Waals surface area contributed by atoms with E-state index in [0.29, 0.717) is 17.8 Å². The Morgan fingerprint density at radius 2 is 1.65 bits per heavy atom. The van der Waals surface area contributed by atoms with Crippen molar-refractivity contribution in [2.24, 2.45) is 10.7 Å². The van der Waals surface area contributed by atoms with Crippen LogP contribution in [0.3, 0.4) is 0 Å². The molecule has 1 heterocycles. The number of rotatable bonds is 1. The van der Waals surface area contributed by atoms with Crippen LogP contribution in [0.2, 0.25) is 0 Å². The lowest BCUT2D eigenvalue weighted by molar-refractivity contribution is 0.620.